The van der Waals surface area contributed by atoms with Gasteiger partial charge in [0.05, 0.1) is 20.6 Å². The molecular weight excluding hydrogens is 358 g/mol. The molecule has 1 aliphatic heterocycles. The fraction of sp³-hybridized carbons (Fsp3) is 0.409. The molecule has 0 bridgehead atoms. The maximum atomic E-state index is 13.0. The molecule has 1 amide bonds. The average Bonchev–Trinajstić information content (AvgIpc) is 2.75. The fourth-order valence-electron chi connectivity index (χ4n) is 3.63. The number of rotatable bonds is 6. The van der Waals surface area contributed by atoms with Gasteiger partial charge < -0.3 is 14.4 Å². The molecule has 0 saturated carbocycles. The lowest BCUT2D eigenvalue weighted by Gasteiger charge is -2.32. The van der Waals surface area contributed by atoms with Crippen LogP contribution in [-0.2, 0) is 14.3 Å². The van der Waals surface area contributed by atoms with Crippen LogP contribution in [0.2, 0.25) is 0 Å². The van der Waals surface area contributed by atoms with E-state index >= 15 is 0 Å². The van der Waals surface area contributed by atoms with Crippen molar-refractivity contribution in [3.63, 3.8) is 0 Å². The molecule has 1 aliphatic rings. The molecule has 1 unspecified atom stereocenters. The fourth-order valence-corrected chi connectivity index (χ4v) is 3.63. The van der Waals surface area contributed by atoms with E-state index in [-0.39, 0.29) is 30.4 Å². The van der Waals surface area contributed by atoms with Gasteiger partial charge in [0.15, 0.2) is 5.78 Å². The summed E-state index contributed by atoms with van der Waals surface area (Å²) in [6, 6.07) is 11.4. The van der Waals surface area contributed by atoms with E-state index in [4.69, 9.17) is 4.74 Å². The van der Waals surface area contributed by atoms with Crippen molar-refractivity contribution in [2.45, 2.75) is 25.7 Å². The minimum absolute atomic E-state index is 0.0585. The Morgan fingerprint density at radius 1 is 1.04 bits per heavy atom. The van der Waals surface area contributed by atoms with Gasteiger partial charge in [-0.25, -0.2) is 0 Å². The van der Waals surface area contributed by atoms with Gasteiger partial charge in [-0.1, -0.05) is 18.2 Å². The normalized spacial score (nSPS) is 16.6. The van der Waals surface area contributed by atoms with E-state index in [1.807, 2.05) is 36.4 Å². The van der Waals surface area contributed by atoms with E-state index < -0.39 is 5.97 Å². The van der Waals surface area contributed by atoms with Gasteiger partial charge in [-0.05, 0) is 41.8 Å². The summed E-state index contributed by atoms with van der Waals surface area (Å²) >= 11 is 0. The van der Waals surface area contributed by atoms with Crippen LogP contribution >= 0.6 is 0 Å². The average molecular weight is 383 g/mol. The third kappa shape index (κ3) is 4.50. The zero-order chi connectivity index (χ0) is 20.1. The molecule has 148 valence electrons. The predicted molar refractivity (Wildman–Crippen MR) is 105 cm³/mol. The summed E-state index contributed by atoms with van der Waals surface area (Å²) in [6.45, 7) is 1.03. The molecule has 1 heterocycles. The van der Waals surface area contributed by atoms with Crippen molar-refractivity contribution in [2.75, 3.05) is 27.3 Å². The Morgan fingerprint density at radius 2 is 1.79 bits per heavy atom. The van der Waals surface area contributed by atoms with Gasteiger partial charge >= 0.3 is 5.97 Å². The van der Waals surface area contributed by atoms with Gasteiger partial charge in [0.25, 0.3) is 0 Å². The maximum absolute atomic E-state index is 13.0. The topological polar surface area (TPSA) is 72.9 Å². The molecule has 1 atom stereocenters. The van der Waals surface area contributed by atoms with Gasteiger partial charge in [-0.3, -0.25) is 14.4 Å². The van der Waals surface area contributed by atoms with Crippen LogP contribution in [-0.4, -0.2) is 49.9 Å². The Bertz CT molecular complexity index is 892. The molecule has 0 spiro atoms. The summed E-state index contributed by atoms with van der Waals surface area (Å²) in [5.74, 6) is 0.119. The van der Waals surface area contributed by atoms with Crippen LogP contribution in [0, 0.1) is 5.92 Å². The van der Waals surface area contributed by atoms with Crippen LogP contribution in [0.25, 0.3) is 10.8 Å². The summed E-state index contributed by atoms with van der Waals surface area (Å²) in [7, 11) is 2.93. The Morgan fingerprint density at radius 3 is 2.54 bits per heavy atom. The number of nitrogens with zero attached hydrogens (tertiary/aromatic N) is 1. The number of esters is 1. The number of fused-ring (bicyclic) bond motifs is 1. The molecule has 2 aromatic carbocycles. The van der Waals surface area contributed by atoms with Gasteiger partial charge in [-0.15, -0.1) is 0 Å². The number of hydrogen-bond donors (Lipinski definition) is 0. The summed E-state index contributed by atoms with van der Waals surface area (Å²) in [6.07, 6.45) is 1.73. The highest BCUT2D eigenvalue weighted by Gasteiger charge is 2.29. The number of carbonyl (C=O) groups excluding carboxylic acids is 3. The summed E-state index contributed by atoms with van der Waals surface area (Å²) in [4.78, 5) is 38.3. The minimum Gasteiger partial charge on any atom is -0.497 e. The first kappa shape index (κ1) is 19.9. The van der Waals surface area contributed by atoms with Gasteiger partial charge in [-0.2, -0.15) is 0 Å². The molecule has 1 saturated heterocycles. The van der Waals surface area contributed by atoms with E-state index in [0.717, 1.165) is 29.4 Å². The highest BCUT2D eigenvalue weighted by atomic mass is 16.5. The maximum Gasteiger partial charge on any atom is 0.306 e. The van der Waals surface area contributed by atoms with Crippen molar-refractivity contribution in [1.82, 2.24) is 4.90 Å². The van der Waals surface area contributed by atoms with Crippen LogP contribution in [0.4, 0.5) is 0 Å². The third-order valence-electron chi connectivity index (χ3n) is 5.25. The number of likely N-dealkylation sites (tertiary alicyclic amines) is 1. The first-order chi connectivity index (χ1) is 13.5. The number of methoxy groups -OCH3 is 2. The second-order valence-electron chi connectivity index (χ2n) is 7.05. The summed E-state index contributed by atoms with van der Waals surface area (Å²) in [5.41, 5.74) is 0.659. The molecule has 0 aromatic heterocycles. The number of hydrogen-bond acceptors (Lipinski definition) is 5. The zero-order valence-corrected chi connectivity index (χ0v) is 16.3. The van der Waals surface area contributed by atoms with Gasteiger partial charge in [0, 0.05) is 31.0 Å². The standard InChI is InChI=1S/C22H25NO5/c1-27-19-8-7-15-12-17(6-5-16(15)13-19)22(26)18-4-3-11-23(14-18)20(24)9-10-21(25)28-2/h5-8,12-13,18H,3-4,9-11,14H2,1-2H3. The first-order valence-electron chi connectivity index (χ1n) is 9.48. The van der Waals surface area contributed by atoms with Crippen molar-refractivity contribution in [3.8, 4) is 5.75 Å². The van der Waals surface area contributed by atoms with Crippen molar-refractivity contribution in [3.05, 3.63) is 42.0 Å². The van der Waals surface area contributed by atoms with Crippen molar-refractivity contribution in [1.29, 1.82) is 0 Å². The Kier molecular flexibility index (Phi) is 6.29. The summed E-state index contributed by atoms with van der Waals surface area (Å²) < 4.78 is 9.82. The van der Waals surface area contributed by atoms with E-state index in [2.05, 4.69) is 4.74 Å². The second kappa shape index (κ2) is 8.87. The van der Waals surface area contributed by atoms with Crippen molar-refractivity contribution >= 4 is 28.4 Å². The molecule has 6 heteroatoms. The molecular formula is C22H25NO5. The molecule has 6 nitrogen and oxygen atoms in total. The van der Waals surface area contributed by atoms with Crippen LogP contribution in [0.3, 0.4) is 0 Å². The number of amides is 1. The third-order valence-corrected chi connectivity index (χ3v) is 5.25. The highest BCUT2D eigenvalue weighted by molar-refractivity contribution is 6.01. The SMILES string of the molecule is COC(=O)CCC(=O)N1CCCC(C(=O)c2ccc3cc(OC)ccc3c2)C1. The molecule has 28 heavy (non-hydrogen) atoms. The number of Topliss-reactive ketones (excluding diaryl/α,β-unsaturated/α-hetero) is 1. The monoisotopic (exact) mass is 383 g/mol. The Labute approximate surface area is 164 Å². The van der Waals surface area contributed by atoms with E-state index in [1.165, 1.54) is 7.11 Å². The van der Waals surface area contributed by atoms with Crippen molar-refractivity contribution in [2.24, 2.45) is 5.92 Å². The van der Waals surface area contributed by atoms with E-state index in [1.54, 1.807) is 12.0 Å². The Hall–Kier alpha value is -2.89. The number of ketones is 1. The molecule has 0 radical (unpaired) electrons. The number of ether oxygens (including phenoxy) is 2. The molecule has 0 aliphatic carbocycles. The molecule has 3 rings (SSSR count). The largest absolute Gasteiger partial charge is 0.497 e. The Balaban J connectivity index is 1.68. The lowest BCUT2D eigenvalue weighted by atomic mass is 9.89. The number of piperidine rings is 1. The van der Waals surface area contributed by atoms with Crippen LogP contribution in [0.1, 0.15) is 36.0 Å². The molecule has 1 fully saturated rings. The lowest BCUT2D eigenvalue weighted by molar-refractivity contribution is -0.144. The highest BCUT2D eigenvalue weighted by Crippen LogP contribution is 2.26. The molecule has 0 N–H and O–H groups in total. The quantitative estimate of drug-likeness (QED) is 0.566. The first-order valence-corrected chi connectivity index (χ1v) is 9.48. The number of benzene rings is 2. The van der Waals surface area contributed by atoms with E-state index in [9.17, 15) is 14.4 Å². The zero-order valence-electron chi connectivity index (χ0n) is 16.3. The number of carbonyl (C=O) groups is 3. The predicted octanol–water partition coefficient (Wildman–Crippen LogP) is 3.22. The van der Waals surface area contributed by atoms with E-state index in [0.29, 0.717) is 18.7 Å². The van der Waals surface area contributed by atoms with Crippen LogP contribution in [0.5, 0.6) is 5.75 Å². The minimum atomic E-state index is -0.397. The van der Waals surface area contributed by atoms with Gasteiger partial charge in [0.1, 0.15) is 5.75 Å². The van der Waals surface area contributed by atoms with Crippen LogP contribution < -0.4 is 4.74 Å². The van der Waals surface area contributed by atoms with Crippen molar-refractivity contribution < 1.29 is 23.9 Å². The lowest BCUT2D eigenvalue weighted by Crippen LogP contribution is -2.42. The smallest absolute Gasteiger partial charge is 0.306 e. The van der Waals surface area contributed by atoms with Gasteiger partial charge in [0.2, 0.25) is 5.91 Å². The summed E-state index contributed by atoms with van der Waals surface area (Å²) in [5, 5.41) is 1.99. The van der Waals surface area contributed by atoms with Crippen LogP contribution in [0.15, 0.2) is 36.4 Å². The molecule has 2 aromatic rings. The second-order valence-corrected chi connectivity index (χ2v) is 7.05.